The molecule has 0 bridgehead atoms. The Morgan fingerprint density at radius 1 is 1.18 bits per heavy atom. The zero-order valence-electron chi connectivity index (χ0n) is 13.8. The molecule has 0 aromatic carbocycles. The van der Waals surface area contributed by atoms with Crippen LogP contribution in [0, 0.1) is 6.92 Å². The molecular weight excluding hydrogens is 280 g/mol. The minimum absolute atomic E-state index is 0.123. The van der Waals surface area contributed by atoms with E-state index in [1.165, 1.54) is 0 Å². The number of unbranched alkanes of at least 4 members (excludes halogenated alkanes) is 4. The molecule has 0 radical (unpaired) electrons. The molecule has 0 fully saturated rings. The van der Waals surface area contributed by atoms with Crippen molar-refractivity contribution in [1.82, 2.24) is 9.97 Å². The number of aryl methyl sites for hydroxylation is 1. The molecule has 5 heteroatoms. The molecule has 1 N–H and O–H groups in total. The summed E-state index contributed by atoms with van der Waals surface area (Å²) in [5.41, 5.74) is 1.01. The van der Waals surface area contributed by atoms with Gasteiger partial charge in [-0.3, -0.25) is 4.79 Å². The predicted octanol–water partition coefficient (Wildman–Crippen LogP) is 3.15. The van der Waals surface area contributed by atoms with Crippen LogP contribution in [0.2, 0.25) is 0 Å². The molecule has 0 aliphatic carbocycles. The predicted molar refractivity (Wildman–Crippen MR) is 85.5 cm³/mol. The van der Waals surface area contributed by atoms with Crippen molar-refractivity contribution in [2.75, 3.05) is 13.2 Å². The largest absolute Gasteiger partial charge is 0.466 e. The fraction of sp³-hybridized carbons (Fsp3) is 0.706. The number of aromatic nitrogens is 2. The van der Waals surface area contributed by atoms with E-state index in [9.17, 15) is 4.79 Å². The van der Waals surface area contributed by atoms with Gasteiger partial charge in [-0.2, -0.15) is 0 Å². The van der Waals surface area contributed by atoms with Gasteiger partial charge in [0.1, 0.15) is 5.82 Å². The molecule has 0 aliphatic heterocycles. The summed E-state index contributed by atoms with van der Waals surface area (Å²) in [4.78, 5) is 20.2. The van der Waals surface area contributed by atoms with Gasteiger partial charge in [0.25, 0.3) is 0 Å². The lowest BCUT2D eigenvalue weighted by atomic mass is 9.92. The fourth-order valence-corrected chi connectivity index (χ4v) is 2.45. The summed E-state index contributed by atoms with van der Waals surface area (Å²) in [6.45, 7) is 4.36. The third-order valence-corrected chi connectivity index (χ3v) is 3.70. The highest BCUT2D eigenvalue weighted by atomic mass is 16.5. The van der Waals surface area contributed by atoms with Crippen molar-refractivity contribution in [1.29, 1.82) is 0 Å². The number of esters is 1. The molecule has 22 heavy (non-hydrogen) atoms. The second-order valence-corrected chi connectivity index (χ2v) is 5.55. The first-order chi connectivity index (χ1) is 10.7. The van der Waals surface area contributed by atoms with Crippen LogP contribution in [0.5, 0.6) is 0 Å². The van der Waals surface area contributed by atoms with Gasteiger partial charge in [-0.25, -0.2) is 9.97 Å². The fourth-order valence-electron chi connectivity index (χ4n) is 2.45. The topological polar surface area (TPSA) is 72.3 Å². The Morgan fingerprint density at radius 2 is 1.82 bits per heavy atom. The monoisotopic (exact) mass is 308 g/mol. The first kappa shape index (κ1) is 18.6. The average molecular weight is 308 g/mol. The van der Waals surface area contributed by atoms with Crippen LogP contribution in [0.15, 0.2) is 12.4 Å². The highest BCUT2D eigenvalue weighted by molar-refractivity contribution is 5.70. The number of aliphatic hydroxyl groups excluding tert-OH is 1. The van der Waals surface area contributed by atoms with Crippen molar-refractivity contribution in [3.63, 3.8) is 0 Å². The molecule has 0 saturated carbocycles. The lowest BCUT2D eigenvalue weighted by Gasteiger charge is -2.16. The Morgan fingerprint density at radius 3 is 2.45 bits per heavy atom. The Balaban J connectivity index is 2.50. The van der Waals surface area contributed by atoms with Crippen molar-refractivity contribution in [2.45, 2.75) is 64.7 Å². The summed E-state index contributed by atoms with van der Waals surface area (Å²) in [7, 11) is 0. The maximum atomic E-state index is 11.8. The molecule has 0 amide bonds. The lowest BCUT2D eigenvalue weighted by molar-refractivity contribution is -0.143. The highest BCUT2D eigenvalue weighted by Gasteiger charge is 2.17. The van der Waals surface area contributed by atoms with Crippen LogP contribution < -0.4 is 0 Å². The summed E-state index contributed by atoms with van der Waals surface area (Å²) in [5.74, 6) is 0.702. The van der Waals surface area contributed by atoms with Gasteiger partial charge in [0.15, 0.2) is 0 Å². The molecule has 1 heterocycles. The molecule has 1 rings (SSSR count). The maximum Gasteiger partial charge on any atom is 0.306 e. The van der Waals surface area contributed by atoms with Crippen molar-refractivity contribution in [3.05, 3.63) is 23.8 Å². The number of hydrogen-bond donors (Lipinski definition) is 1. The van der Waals surface area contributed by atoms with Crippen LogP contribution in [-0.4, -0.2) is 34.3 Å². The molecular formula is C17H28N2O3. The molecule has 0 aliphatic rings. The van der Waals surface area contributed by atoms with Gasteiger partial charge in [-0.1, -0.05) is 25.7 Å². The molecule has 1 aromatic heterocycles. The average Bonchev–Trinajstić information content (AvgIpc) is 2.50. The number of carbonyl (C=O) groups is 1. The first-order valence-electron chi connectivity index (χ1n) is 8.22. The van der Waals surface area contributed by atoms with E-state index in [0.717, 1.165) is 49.9 Å². The van der Waals surface area contributed by atoms with Crippen LogP contribution in [0.4, 0.5) is 0 Å². The number of carbonyl (C=O) groups excluding carboxylic acids is 1. The number of rotatable bonds is 11. The molecule has 0 spiro atoms. The number of aliphatic hydroxyl groups is 1. The SMILES string of the molecule is CCOC(=O)CC(CCCCCCCO)c1cnc(C)nc1. The van der Waals surface area contributed by atoms with E-state index in [-0.39, 0.29) is 18.5 Å². The van der Waals surface area contributed by atoms with Crippen molar-refractivity contribution < 1.29 is 14.6 Å². The van der Waals surface area contributed by atoms with E-state index >= 15 is 0 Å². The minimum Gasteiger partial charge on any atom is -0.466 e. The summed E-state index contributed by atoms with van der Waals surface area (Å²) in [6, 6.07) is 0. The van der Waals surface area contributed by atoms with Crippen LogP contribution in [0.3, 0.4) is 0 Å². The molecule has 5 nitrogen and oxygen atoms in total. The second-order valence-electron chi connectivity index (χ2n) is 5.55. The van der Waals surface area contributed by atoms with Gasteiger partial charge in [0, 0.05) is 19.0 Å². The number of ether oxygens (including phenoxy) is 1. The van der Waals surface area contributed by atoms with Gasteiger partial charge in [-0.15, -0.1) is 0 Å². The van der Waals surface area contributed by atoms with Gasteiger partial charge >= 0.3 is 5.97 Å². The maximum absolute atomic E-state index is 11.8. The molecule has 1 unspecified atom stereocenters. The van der Waals surface area contributed by atoms with Crippen LogP contribution in [-0.2, 0) is 9.53 Å². The van der Waals surface area contributed by atoms with Gasteiger partial charge in [-0.05, 0) is 38.2 Å². The van der Waals surface area contributed by atoms with E-state index in [2.05, 4.69) is 9.97 Å². The van der Waals surface area contributed by atoms with E-state index in [4.69, 9.17) is 9.84 Å². The Kier molecular flexibility index (Phi) is 9.39. The second kappa shape index (κ2) is 11.1. The normalized spacial score (nSPS) is 12.1. The van der Waals surface area contributed by atoms with E-state index in [0.29, 0.717) is 13.0 Å². The Labute approximate surface area is 133 Å². The Hall–Kier alpha value is -1.49. The van der Waals surface area contributed by atoms with Gasteiger partial charge in [0.05, 0.1) is 13.0 Å². The summed E-state index contributed by atoms with van der Waals surface area (Å²) in [6.07, 6.45) is 10.2. The van der Waals surface area contributed by atoms with Crippen molar-refractivity contribution in [2.24, 2.45) is 0 Å². The van der Waals surface area contributed by atoms with E-state index < -0.39 is 0 Å². The molecule has 0 saturated heterocycles. The van der Waals surface area contributed by atoms with Crippen molar-refractivity contribution >= 4 is 5.97 Å². The minimum atomic E-state index is -0.159. The molecule has 1 aromatic rings. The van der Waals surface area contributed by atoms with Gasteiger partial charge < -0.3 is 9.84 Å². The third kappa shape index (κ3) is 7.50. The van der Waals surface area contributed by atoms with Crippen molar-refractivity contribution in [3.8, 4) is 0 Å². The zero-order chi connectivity index (χ0) is 16.2. The van der Waals surface area contributed by atoms with Gasteiger partial charge in [0.2, 0.25) is 0 Å². The highest BCUT2D eigenvalue weighted by Crippen LogP contribution is 2.26. The molecule has 124 valence electrons. The Bertz CT molecular complexity index is 420. The summed E-state index contributed by atoms with van der Waals surface area (Å²) < 4.78 is 5.07. The van der Waals surface area contributed by atoms with Crippen LogP contribution in [0.1, 0.15) is 69.2 Å². The summed E-state index contributed by atoms with van der Waals surface area (Å²) >= 11 is 0. The van der Waals surface area contributed by atoms with E-state index in [1.807, 2.05) is 26.2 Å². The standard InChI is InChI=1S/C17H28N2O3/c1-3-22-17(21)11-15(9-7-5-4-6-8-10-20)16-12-18-14(2)19-13-16/h12-13,15,20H,3-11H2,1-2H3. The molecule has 1 atom stereocenters. The summed E-state index contributed by atoms with van der Waals surface area (Å²) in [5, 5.41) is 8.77. The zero-order valence-corrected chi connectivity index (χ0v) is 13.8. The van der Waals surface area contributed by atoms with E-state index in [1.54, 1.807) is 0 Å². The number of nitrogens with zero attached hydrogens (tertiary/aromatic N) is 2. The van der Waals surface area contributed by atoms with Crippen LogP contribution >= 0.6 is 0 Å². The quantitative estimate of drug-likeness (QED) is 0.502. The number of hydrogen-bond acceptors (Lipinski definition) is 5. The third-order valence-electron chi connectivity index (χ3n) is 3.70. The van der Waals surface area contributed by atoms with Crippen LogP contribution in [0.25, 0.3) is 0 Å². The lowest BCUT2D eigenvalue weighted by Crippen LogP contribution is -2.11. The smallest absolute Gasteiger partial charge is 0.306 e. The first-order valence-corrected chi connectivity index (χ1v) is 8.22.